The van der Waals surface area contributed by atoms with Crippen LogP contribution < -0.4 is 10.0 Å². The number of anilines is 1. The summed E-state index contributed by atoms with van der Waals surface area (Å²) in [5.74, 6) is 0.553. The van der Waals surface area contributed by atoms with Gasteiger partial charge in [0.15, 0.2) is 0 Å². The van der Waals surface area contributed by atoms with Gasteiger partial charge in [0.2, 0.25) is 10.0 Å². The highest BCUT2D eigenvalue weighted by atomic mass is 32.2. The maximum absolute atomic E-state index is 12.3. The van der Waals surface area contributed by atoms with E-state index in [-0.39, 0.29) is 10.4 Å². The van der Waals surface area contributed by atoms with Crippen LogP contribution in [0.1, 0.15) is 32.6 Å². The van der Waals surface area contributed by atoms with E-state index in [1.54, 1.807) is 13.1 Å². The van der Waals surface area contributed by atoms with E-state index in [4.69, 9.17) is 0 Å². The minimum Gasteiger partial charge on any atom is -0.373 e. The van der Waals surface area contributed by atoms with E-state index in [1.165, 1.54) is 12.3 Å². The lowest BCUT2D eigenvalue weighted by atomic mass is 9.76. The van der Waals surface area contributed by atoms with Crippen LogP contribution in [0.15, 0.2) is 23.2 Å². The van der Waals surface area contributed by atoms with Gasteiger partial charge in [0.05, 0.1) is 4.90 Å². The third-order valence-electron chi connectivity index (χ3n) is 3.64. The van der Waals surface area contributed by atoms with Gasteiger partial charge in [-0.2, -0.15) is 0 Å². The summed E-state index contributed by atoms with van der Waals surface area (Å²) in [5, 5.41) is 2.84. The van der Waals surface area contributed by atoms with Crippen molar-refractivity contribution in [2.45, 2.75) is 43.0 Å². The largest absolute Gasteiger partial charge is 0.373 e. The highest BCUT2D eigenvalue weighted by Crippen LogP contribution is 2.36. The molecule has 0 saturated heterocycles. The molecule has 6 heteroatoms. The Hall–Kier alpha value is -1.14. The molecule has 1 fully saturated rings. The van der Waals surface area contributed by atoms with E-state index in [9.17, 15) is 8.42 Å². The summed E-state index contributed by atoms with van der Waals surface area (Å²) in [5.41, 5.74) is -0.234. The number of rotatable bonds is 5. The Labute approximate surface area is 108 Å². The zero-order chi connectivity index (χ0) is 13.2. The van der Waals surface area contributed by atoms with Crippen molar-refractivity contribution in [1.82, 2.24) is 9.71 Å². The molecule has 1 aliphatic carbocycles. The molecule has 0 unspecified atom stereocenters. The van der Waals surface area contributed by atoms with Gasteiger partial charge in [-0.05, 0) is 31.7 Å². The van der Waals surface area contributed by atoms with Crippen molar-refractivity contribution < 1.29 is 8.42 Å². The maximum atomic E-state index is 12.3. The number of nitrogens with zero attached hydrogens (tertiary/aromatic N) is 1. The van der Waals surface area contributed by atoms with Crippen LogP contribution in [-0.4, -0.2) is 26.0 Å². The minimum atomic E-state index is -3.45. The number of nitrogens with one attached hydrogen (secondary N) is 2. The van der Waals surface area contributed by atoms with E-state index in [0.717, 1.165) is 25.7 Å². The molecule has 100 valence electrons. The zero-order valence-electron chi connectivity index (χ0n) is 10.7. The van der Waals surface area contributed by atoms with Crippen LogP contribution in [0.4, 0.5) is 5.82 Å². The fourth-order valence-electron chi connectivity index (χ4n) is 2.19. The van der Waals surface area contributed by atoms with Gasteiger partial charge < -0.3 is 5.32 Å². The topological polar surface area (TPSA) is 71.1 Å². The first-order valence-electron chi connectivity index (χ1n) is 6.19. The van der Waals surface area contributed by atoms with Gasteiger partial charge in [0, 0.05) is 24.8 Å². The van der Waals surface area contributed by atoms with Crippen molar-refractivity contribution in [3.63, 3.8) is 0 Å². The lowest BCUT2D eigenvalue weighted by Crippen LogP contribution is -2.52. The van der Waals surface area contributed by atoms with Gasteiger partial charge in [-0.15, -0.1) is 0 Å². The van der Waals surface area contributed by atoms with Gasteiger partial charge in [-0.3, -0.25) is 0 Å². The molecular weight excluding hydrogens is 250 g/mol. The predicted octanol–water partition coefficient (Wildman–Crippen LogP) is 1.73. The normalized spacial score (nSPS) is 18.1. The predicted molar refractivity (Wildman–Crippen MR) is 71.0 cm³/mol. The molecule has 1 aromatic rings. The minimum absolute atomic E-state index is 0.234. The first-order chi connectivity index (χ1) is 8.51. The van der Waals surface area contributed by atoms with Gasteiger partial charge in [-0.25, -0.2) is 18.1 Å². The van der Waals surface area contributed by atoms with Crippen LogP contribution in [0.5, 0.6) is 0 Å². The second-order valence-corrected chi connectivity index (χ2v) is 6.40. The third-order valence-corrected chi connectivity index (χ3v) is 5.21. The molecule has 18 heavy (non-hydrogen) atoms. The van der Waals surface area contributed by atoms with Gasteiger partial charge in [-0.1, -0.05) is 6.92 Å². The summed E-state index contributed by atoms with van der Waals surface area (Å²) in [6.45, 7) is 2.02. The number of pyridine rings is 1. The van der Waals surface area contributed by atoms with E-state index < -0.39 is 10.0 Å². The molecular formula is C12H19N3O2S. The molecule has 0 amide bonds. The SMILES string of the molecule is CCC1(NS(=O)(=O)c2ccnc(NC)c2)CCC1. The lowest BCUT2D eigenvalue weighted by molar-refractivity contribution is 0.214. The van der Waals surface area contributed by atoms with E-state index >= 15 is 0 Å². The molecule has 2 N–H and O–H groups in total. The molecule has 5 nitrogen and oxygen atoms in total. The Bertz CT molecular complexity index is 518. The van der Waals surface area contributed by atoms with Crippen LogP contribution in [-0.2, 0) is 10.0 Å². The Morgan fingerprint density at radius 1 is 1.44 bits per heavy atom. The number of hydrogen-bond donors (Lipinski definition) is 2. The van der Waals surface area contributed by atoms with E-state index in [1.807, 2.05) is 6.92 Å². The molecule has 1 heterocycles. The first-order valence-corrected chi connectivity index (χ1v) is 7.67. The third kappa shape index (κ3) is 2.49. The molecule has 0 atom stereocenters. The van der Waals surface area contributed by atoms with Gasteiger partial charge in [0.25, 0.3) is 0 Å². The first kappa shape index (κ1) is 13.3. The molecule has 0 aromatic carbocycles. The summed E-state index contributed by atoms with van der Waals surface area (Å²) in [4.78, 5) is 4.28. The fraction of sp³-hybridized carbons (Fsp3) is 0.583. The summed E-state index contributed by atoms with van der Waals surface area (Å²) >= 11 is 0. The molecule has 0 bridgehead atoms. The average Bonchev–Trinajstić information content (AvgIpc) is 2.34. The van der Waals surface area contributed by atoms with Crippen molar-refractivity contribution in [3.05, 3.63) is 18.3 Å². The maximum Gasteiger partial charge on any atom is 0.241 e. The number of sulfonamides is 1. The summed E-state index contributed by atoms with van der Waals surface area (Å²) in [7, 11) is -1.74. The summed E-state index contributed by atoms with van der Waals surface area (Å²) in [6.07, 6.45) is 5.27. The molecule has 0 aliphatic heterocycles. The molecule has 1 aliphatic rings. The molecule has 1 aromatic heterocycles. The van der Waals surface area contributed by atoms with Gasteiger partial charge in [0.1, 0.15) is 5.82 Å². The zero-order valence-corrected chi connectivity index (χ0v) is 11.5. The van der Waals surface area contributed by atoms with E-state index in [2.05, 4.69) is 15.0 Å². The standard InChI is InChI=1S/C12H19N3O2S/c1-3-12(6-4-7-12)15-18(16,17)10-5-8-14-11(9-10)13-2/h5,8-9,15H,3-4,6-7H2,1-2H3,(H,13,14). The van der Waals surface area contributed by atoms with Crippen LogP contribution in [0, 0.1) is 0 Å². The van der Waals surface area contributed by atoms with Crippen molar-refractivity contribution in [1.29, 1.82) is 0 Å². The lowest BCUT2D eigenvalue weighted by Gasteiger charge is -2.41. The van der Waals surface area contributed by atoms with Crippen molar-refractivity contribution in [2.24, 2.45) is 0 Å². The smallest absolute Gasteiger partial charge is 0.241 e. The van der Waals surface area contributed by atoms with Crippen LogP contribution in [0.2, 0.25) is 0 Å². The fourth-order valence-corrected chi connectivity index (χ4v) is 3.73. The van der Waals surface area contributed by atoms with Crippen LogP contribution in [0.3, 0.4) is 0 Å². The van der Waals surface area contributed by atoms with Crippen molar-refractivity contribution in [2.75, 3.05) is 12.4 Å². The van der Waals surface area contributed by atoms with Crippen LogP contribution >= 0.6 is 0 Å². The Kier molecular flexibility index (Phi) is 3.59. The summed E-state index contributed by atoms with van der Waals surface area (Å²) < 4.78 is 27.4. The van der Waals surface area contributed by atoms with E-state index in [0.29, 0.717) is 5.82 Å². The second-order valence-electron chi connectivity index (χ2n) is 4.72. The number of hydrogen-bond acceptors (Lipinski definition) is 4. The molecule has 1 saturated carbocycles. The second kappa shape index (κ2) is 4.85. The quantitative estimate of drug-likeness (QED) is 0.854. The molecule has 0 radical (unpaired) electrons. The molecule has 2 rings (SSSR count). The molecule has 0 spiro atoms. The highest BCUT2D eigenvalue weighted by molar-refractivity contribution is 7.89. The van der Waals surface area contributed by atoms with Gasteiger partial charge >= 0.3 is 0 Å². The monoisotopic (exact) mass is 269 g/mol. The Balaban J connectivity index is 2.24. The summed E-state index contributed by atoms with van der Waals surface area (Å²) in [6, 6.07) is 3.07. The van der Waals surface area contributed by atoms with Crippen LogP contribution in [0.25, 0.3) is 0 Å². The number of aromatic nitrogens is 1. The highest BCUT2D eigenvalue weighted by Gasteiger charge is 2.39. The van der Waals surface area contributed by atoms with Crippen molar-refractivity contribution >= 4 is 15.8 Å². The average molecular weight is 269 g/mol. The Morgan fingerprint density at radius 3 is 2.67 bits per heavy atom. The Morgan fingerprint density at radius 2 is 2.17 bits per heavy atom. The van der Waals surface area contributed by atoms with Crippen molar-refractivity contribution in [3.8, 4) is 0 Å².